The molecule has 2 aromatic heterocycles. The number of aromatic nitrogens is 3. The molecule has 2 heterocycles. The lowest BCUT2D eigenvalue weighted by molar-refractivity contribution is -0.136. The molecule has 0 aliphatic heterocycles. The number of hydrogen-bond donors (Lipinski definition) is 2. The fourth-order valence-electron chi connectivity index (χ4n) is 5.23. The minimum Gasteiger partial charge on any atom is -0.480 e. The van der Waals surface area contributed by atoms with E-state index in [9.17, 15) is 21.6 Å². The first-order valence-corrected chi connectivity index (χ1v) is 15.4. The third-order valence-corrected chi connectivity index (χ3v) is 9.33. The first kappa shape index (κ1) is 30.8. The molecule has 14 heteroatoms. The van der Waals surface area contributed by atoms with Crippen LogP contribution >= 0.6 is 11.6 Å². The average Bonchev–Trinajstić information content (AvgIpc) is 2.96. The van der Waals surface area contributed by atoms with Crippen molar-refractivity contribution < 1.29 is 26.3 Å². The van der Waals surface area contributed by atoms with E-state index in [-0.39, 0.29) is 55.6 Å². The van der Waals surface area contributed by atoms with Gasteiger partial charge in [0.05, 0.1) is 23.2 Å². The van der Waals surface area contributed by atoms with Crippen LogP contribution in [0.25, 0.3) is 22.0 Å². The summed E-state index contributed by atoms with van der Waals surface area (Å²) in [7, 11) is 1.28. The first-order valence-electron chi connectivity index (χ1n) is 13.5. The molecule has 0 saturated heterocycles. The largest absolute Gasteiger partial charge is 0.480 e. The minimum absolute atomic E-state index is 0.0201. The van der Waals surface area contributed by atoms with E-state index < -0.39 is 21.8 Å². The molecular formula is C29H30ClF3N6O3S. The summed E-state index contributed by atoms with van der Waals surface area (Å²) in [5.74, 6) is -0.0381. The molecule has 4 aromatic rings. The van der Waals surface area contributed by atoms with Crippen LogP contribution in [0.3, 0.4) is 0 Å². The fraction of sp³-hybridized carbons (Fsp3) is 0.345. The van der Waals surface area contributed by atoms with E-state index in [1.807, 2.05) is 14.1 Å². The van der Waals surface area contributed by atoms with Gasteiger partial charge in [-0.05, 0) is 81.7 Å². The molecule has 43 heavy (non-hydrogen) atoms. The second-order valence-corrected chi connectivity index (χ2v) is 12.6. The molecule has 0 amide bonds. The van der Waals surface area contributed by atoms with Crippen LogP contribution in [0.2, 0.25) is 5.02 Å². The van der Waals surface area contributed by atoms with Crippen molar-refractivity contribution in [2.75, 3.05) is 31.2 Å². The Bertz CT molecular complexity index is 1750. The Morgan fingerprint density at radius 1 is 1.02 bits per heavy atom. The second kappa shape index (κ2) is 12.1. The summed E-state index contributed by atoms with van der Waals surface area (Å²) < 4.78 is 76.4. The quantitative estimate of drug-likeness (QED) is 0.227. The molecule has 0 bridgehead atoms. The van der Waals surface area contributed by atoms with Crippen molar-refractivity contribution in [2.24, 2.45) is 0 Å². The number of fused-ring (bicyclic) bond motifs is 1. The fourth-order valence-corrected chi connectivity index (χ4v) is 6.76. The maximum atomic E-state index is 14.3. The van der Waals surface area contributed by atoms with Crippen LogP contribution in [0, 0.1) is 0 Å². The van der Waals surface area contributed by atoms with E-state index in [0.717, 1.165) is 31.7 Å². The molecule has 0 radical (unpaired) electrons. The van der Waals surface area contributed by atoms with Gasteiger partial charge in [-0.15, -0.1) is 0 Å². The number of hydrogen-bond acceptors (Lipinski definition) is 8. The van der Waals surface area contributed by atoms with Gasteiger partial charge in [0.2, 0.25) is 11.8 Å². The summed E-state index contributed by atoms with van der Waals surface area (Å²) >= 11 is 6.04. The number of pyridine rings is 1. The van der Waals surface area contributed by atoms with E-state index in [4.69, 9.17) is 16.3 Å². The molecule has 1 aliphatic rings. The van der Waals surface area contributed by atoms with Gasteiger partial charge in [-0.1, -0.05) is 23.7 Å². The van der Waals surface area contributed by atoms with E-state index in [1.54, 1.807) is 6.07 Å². The topological polar surface area (TPSA) is 109 Å². The molecular weight excluding hydrogens is 605 g/mol. The summed E-state index contributed by atoms with van der Waals surface area (Å²) in [5.41, 5.74) is -0.800. The number of benzene rings is 2. The van der Waals surface area contributed by atoms with Crippen molar-refractivity contribution >= 4 is 44.3 Å². The van der Waals surface area contributed by atoms with Crippen LogP contribution in [-0.2, 0) is 16.2 Å². The molecule has 2 N–H and O–H groups in total. The summed E-state index contributed by atoms with van der Waals surface area (Å²) in [6.45, 7) is 0. The second-order valence-electron chi connectivity index (χ2n) is 10.6. The van der Waals surface area contributed by atoms with E-state index in [1.165, 1.54) is 49.7 Å². The Balaban J connectivity index is 1.46. The predicted molar refractivity (Wildman–Crippen MR) is 160 cm³/mol. The zero-order valence-electron chi connectivity index (χ0n) is 23.6. The predicted octanol–water partition coefficient (Wildman–Crippen LogP) is 6.46. The molecule has 1 fully saturated rings. The van der Waals surface area contributed by atoms with Crippen LogP contribution in [-0.4, -0.2) is 61.6 Å². The minimum atomic E-state index is -4.71. The first-order chi connectivity index (χ1) is 20.4. The number of nitrogens with one attached hydrogen (secondary N) is 2. The Kier molecular flexibility index (Phi) is 8.68. The third-order valence-electron chi connectivity index (χ3n) is 7.48. The highest BCUT2D eigenvalue weighted by molar-refractivity contribution is 7.92. The highest BCUT2D eigenvalue weighted by Crippen LogP contribution is 2.40. The number of nitrogens with zero attached hydrogens (tertiary/aromatic N) is 4. The Labute approximate surface area is 252 Å². The van der Waals surface area contributed by atoms with E-state index >= 15 is 0 Å². The molecule has 0 spiro atoms. The highest BCUT2D eigenvalue weighted by Gasteiger charge is 2.35. The lowest BCUT2D eigenvalue weighted by Crippen LogP contribution is -2.36. The zero-order valence-corrected chi connectivity index (χ0v) is 25.2. The van der Waals surface area contributed by atoms with Gasteiger partial charge in [0.1, 0.15) is 10.7 Å². The van der Waals surface area contributed by atoms with Crippen LogP contribution < -0.4 is 14.8 Å². The lowest BCUT2D eigenvalue weighted by atomic mass is 9.90. The number of sulfonamides is 1. The van der Waals surface area contributed by atoms with Crippen molar-refractivity contribution in [1.82, 2.24) is 19.9 Å². The molecule has 0 atom stereocenters. The highest BCUT2D eigenvalue weighted by atomic mass is 35.5. The normalized spacial score (nSPS) is 17.7. The smallest absolute Gasteiger partial charge is 0.418 e. The molecule has 5 rings (SSSR count). The number of ether oxygens (including phenoxy) is 1. The van der Waals surface area contributed by atoms with Gasteiger partial charge in [0.25, 0.3) is 10.0 Å². The third kappa shape index (κ3) is 6.78. The summed E-state index contributed by atoms with van der Waals surface area (Å²) in [4.78, 5) is 14.8. The molecule has 9 nitrogen and oxygen atoms in total. The molecule has 1 saturated carbocycles. The molecule has 228 valence electrons. The maximum Gasteiger partial charge on any atom is 0.418 e. The number of anilines is 2. The number of alkyl halides is 3. The number of rotatable bonds is 8. The summed E-state index contributed by atoms with van der Waals surface area (Å²) in [6, 6.07) is 11.7. The Morgan fingerprint density at radius 3 is 2.40 bits per heavy atom. The molecule has 1 aliphatic carbocycles. The number of halogens is 4. The van der Waals surface area contributed by atoms with Gasteiger partial charge in [-0.25, -0.2) is 18.4 Å². The Morgan fingerprint density at radius 2 is 1.74 bits per heavy atom. The van der Waals surface area contributed by atoms with Gasteiger partial charge in [0, 0.05) is 29.2 Å². The lowest BCUT2D eigenvalue weighted by Gasteiger charge is -2.33. The van der Waals surface area contributed by atoms with Crippen LogP contribution in [0.1, 0.15) is 31.2 Å². The van der Waals surface area contributed by atoms with E-state index in [2.05, 4.69) is 29.9 Å². The molecule has 2 aromatic carbocycles. The van der Waals surface area contributed by atoms with Crippen molar-refractivity contribution in [2.45, 2.75) is 48.8 Å². The maximum absolute atomic E-state index is 14.3. The van der Waals surface area contributed by atoms with Gasteiger partial charge < -0.3 is 15.0 Å². The van der Waals surface area contributed by atoms with Crippen LogP contribution in [0.5, 0.6) is 5.88 Å². The van der Waals surface area contributed by atoms with Gasteiger partial charge in [-0.3, -0.25) is 4.72 Å². The van der Waals surface area contributed by atoms with Gasteiger partial charge in [0.15, 0.2) is 0 Å². The van der Waals surface area contributed by atoms with E-state index in [0.29, 0.717) is 6.04 Å². The van der Waals surface area contributed by atoms with Crippen molar-refractivity contribution in [1.29, 1.82) is 0 Å². The van der Waals surface area contributed by atoms with Crippen molar-refractivity contribution in [3.8, 4) is 17.0 Å². The van der Waals surface area contributed by atoms with Crippen molar-refractivity contribution in [3.05, 3.63) is 65.3 Å². The average molecular weight is 635 g/mol. The van der Waals surface area contributed by atoms with Gasteiger partial charge in [-0.2, -0.15) is 18.2 Å². The van der Waals surface area contributed by atoms with Crippen LogP contribution in [0.4, 0.5) is 24.9 Å². The number of methoxy groups -OCH3 is 1. The monoisotopic (exact) mass is 634 g/mol. The standard InChI is InChI=1S/C29H30ClF3N6O3S/c1-39(2)20-10-8-19(9-11-20)35-28-34-16-18-14-17(15-22(26(18)37-28)29(31,32)33)21-12-13-25(36-27(21)42-3)38-43(40,41)24-7-5-4-6-23(24)30/h4-7,12-16,19-20H,8-11H2,1-3H3,(H,36,38)(H,34,35,37). The summed E-state index contributed by atoms with van der Waals surface area (Å²) in [6.07, 6.45) is 0.339. The van der Waals surface area contributed by atoms with Gasteiger partial charge >= 0.3 is 6.18 Å². The Hall–Kier alpha value is -3.68. The molecule has 0 unspecified atom stereocenters. The van der Waals surface area contributed by atoms with Crippen LogP contribution in [0.15, 0.2) is 59.6 Å². The van der Waals surface area contributed by atoms with Crippen molar-refractivity contribution in [3.63, 3.8) is 0 Å². The zero-order chi connectivity index (χ0) is 30.9. The summed E-state index contributed by atoms with van der Waals surface area (Å²) in [5, 5.41) is 3.41. The SMILES string of the molecule is COc1nc(NS(=O)(=O)c2ccccc2Cl)ccc1-c1cc(C(F)(F)F)c2nc(NC3CCC(N(C)C)CC3)ncc2c1.